The fourth-order valence-electron chi connectivity index (χ4n) is 3.57. The molecule has 5 nitrogen and oxygen atoms in total. The molecule has 0 radical (unpaired) electrons. The normalized spacial score (nSPS) is 10.1. The van der Waals surface area contributed by atoms with E-state index in [-0.39, 0.29) is 70.3 Å². The third kappa shape index (κ3) is 5.35. The van der Waals surface area contributed by atoms with Gasteiger partial charge < -0.3 is 11.6 Å². The quantitative estimate of drug-likeness (QED) is 0.343. The average Bonchev–Trinajstić information content (AvgIpc) is 2.79. The molecule has 2 heterocycles. The molecule has 2 aromatic heterocycles. The van der Waals surface area contributed by atoms with Crippen LogP contribution in [0.3, 0.4) is 0 Å². The Hall–Kier alpha value is -2.20. The average molecular weight is 528 g/mol. The SMILES string of the molecule is O=C(O)O.[Cs+].[H-].c1ccc(-c2ccnc3c2ccc2c(-c4ccccc4)ccnc23)cc1. The van der Waals surface area contributed by atoms with Crippen LogP contribution < -0.4 is 68.9 Å². The van der Waals surface area contributed by atoms with Gasteiger partial charge in [0.25, 0.3) is 0 Å². The number of nitrogens with zero attached hydrogens (tertiary/aromatic N) is 2. The Kier molecular flexibility index (Phi) is 8.25. The van der Waals surface area contributed by atoms with Crippen LogP contribution in [0.5, 0.6) is 0 Å². The number of benzene rings is 3. The van der Waals surface area contributed by atoms with Crippen LogP contribution in [-0.2, 0) is 0 Å². The predicted molar refractivity (Wildman–Crippen MR) is 120 cm³/mol. The number of aromatic nitrogens is 2. The Balaban J connectivity index is 0.000000562. The van der Waals surface area contributed by atoms with Crippen LogP contribution in [0.2, 0.25) is 0 Å². The van der Waals surface area contributed by atoms with E-state index in [0.29, 0.717) is 0 Å². The van der Waals surface area contributed by atoms with Crippen molar-refractivity contribution in [1.29, 1.82) is 0 Å². The number of fused-ring (bicyclic) bond motifs is 3. The van der Waals surface area contributed by atoms with E-state index in [2.05, 4.69) is 82.8 Å². The molecule has 5 aromatic rings. The van der Waals surface area contributed by atoms with Crippen LogP contribution in [0.15, 0.2) is 97.3 Å². The topological polar surface area (TPSA) is 83.3 Å². The van der Waals surface area contributed by atoms with Crippen LogP contribution >= 0.6 is 0 Å². The summed E-state index contributed by atoms with van der Waals surface area (Å²) >= 11 is 0. The number of hydrogen-bond acceptors (Lipinski definition) is 3. The predicted octanol–water partition coefficient (Wildman–Crippen LogP) is 3.46. The molecule has 0 aliphatic carbocycles. The number of rotatable bonds is 2. The molecule has 5 rings (SSSR count). The van der Waals surface area contributed by atoms with Crippen LogP contribution in [-0.4, -0.2) is 26.3 Å². The monoisotopic (exact) mass is 528 g/mol. The van der Waals surface area contributed by atoms with Crippen molar-refractivity contribution in [3.63, 3.8) is 0 Å². The molecule has 0 bridgehead atoms. The molecule has 0 spiro atoms. The van der Waals surface area contributed by atoms with Crippen molar-refractivity contribution in [2.24, 2.45) is 0 Å². The van der Waals surface area contributed by atoms with Gasteiger partial charge in [0.1, 0.15) is 0 Å². The smallest absolute Gasteiger partial charge is 1.00 e. The summed E-state index contributed by atoms with van der Waals surface area (Å²) in [6, 6.07) is 29.3. The fraction of sp³-hybridized carbons (Fsp3) is 0. The summed E-state index contributed by atoms with van der Waals surface area (Å²) in [5, 5.41) is 16.2. The number of hydrogen-bond donors (Lipinski definition) is 2. The number of carboxylic acid groups (broad SMARTS) is 2. The van der Waals surface area contributed by atoms with Gasteiger partial charge in [-0.05, 0) is 34.4 Å². The summed E-state index contributed by atoms with van der Waals surface area (Å²) in [7, 11) is 0. The van der Waals surface area contributed by atoms with Crippen molar-refractivity contribution >= 4 is 28.0 Å². The summed E-state index contributed by atoms with van der Waals surface area (Å²) < 4.78 is 0. The largest absolute Gasteiger partial charge is 1.00 e. The van der Waals surface area contributed by atoms with Crippen molar-refractivity contribution in [2.75, 3.05) is 0 Å². The molecule has 0 saturated heterocycles. The second kappa shape index (κ2) is 10.9. The fourth-order valence-corrected chi connectivity index (χ4v) is 3.57. The third-order valence-corrected chi connectivity index (χ3v) is 4.79. The molecular formula is C25H19CsN2O3. The van der Waals surface area contributed by atoms with Gasteiger partial charge in [-0.15, -0.1) is 0 Å². The molecule has 0 fully saturated rings. The van der Waals surface area contributed by atoms with Gasteiger partial charge in [0.2, 0.25) is 0 Å². The molecule has 6 heteroatoms. The molecular weight excluding hydrogens is 509 g/mol. The van der Waals surface area contributed by atoms with E-state index in [4.69, 9.17) is 15.0 Å². The standard InChI is InChI=1S/C24H16N2.CH2O3.Cs.H/c1-3-7-17(8-4-1)19-13-15-25-23-21(19)11-12-22-20(14-16-26-24(22)23)18-9-5-2-6-10-18;2-1(3)4;;/h1-16H;(H2,2,3,4);;/q;;+1;-1. The minimum absolute atomic E-state index is 0. The van der Waals surface area contributed by atoms with Crippen molar-refractivity contribution in [3.05, 3.63) is 97.3 Å². The minimum atomic E-state index is -1.83. The molecule has 0 unspecified atom stereocenters. The Bertz CT molecular complexity index is 1230. The summed E-state index contributed by atoms with van der Waals surface area (Å²) in [5.41, 5.74) is 6.65. The molecule has 3 aromatic carbocycles. The van der Waals surface area contributed by atoms with Gasteiger partial charge in [0, 0.05) is 23.2 Å². The van der Waals surface area contributed by atoms with E-state index in [0.717, 1.165) is 21.8 Å². The van der Waals surface area contributed by atoms with E-state index in [9.17, 15) is 0 Å². The zero-order chi connectivity index (χ0) is 20.9. The van der Waals surface area contributed by atoms with E-state index >= 15 is 0 Å². The number of carbonyl (C=O) groups is 1. The Morgan fingerprint density at radius 3 is 1.32 bits per heavy atom. The Morgan fingerprint density at radius 1 is 0.613 bits per heavy atom. The first kappa shape index (κ1) is 23.5. The molecule has 0 aliphatic rings. The second-order valence-electron chi connectivity index (χ2n) is 6.59. The van der Waals surface area contributed by atoms with E-state index in [1.165, 1.54) is 22.3 Å². The van der Waals surface area contributed by atoms with Crippen molar-refractivity contribution in [2.45, 2.75) is 0 Å². The first-order valence-corrected chi connectivity index (χ1v) is 9.34. The first-order chi connectivity index (χ1) is 14.6. The Labute approximate surface area is 239 Å². The van der Waals surface area contributed by atoms with E-state index in [1.54, 1.807) is 0 Å². The van der Waals surface area contributed by atoms with Crippen LogP contribution in [0.1, 0.15) is 1.43 Å². The maximum Gasteiger partial charge on any atom is 1.00 e. The molecule has 2 N–H and O–H groups in total. The minimum Gasteiger partial charge on any atom is -1.00 e. The maximum atomic E-state index is 8.56. The van der Waals surface area contributed by atoms with Crippen molar-refractivity contribution in [1.82, 2.24) is 9.97 Å². The molecule has 0 aliphatic heterocycles. The summed E-state index contributed by atoms with van der Waals surface area (Å²) in [5.74, 6) is 0. The Morgan fingerprint density at radius 2 is 0.968 bits per heavy atom. The number of pyridine rings is 2. The van der Waals surface area contributed by atoms with Gasteiger partial charge in [-0.1, -0.05) is 72.8 Å². The summed E-state index contributed by atoms with van der Waals surface area (Å²) in [4.78, 5) is 17.9. The summed E-state index contributed by atoms with van der Waals surface area (Å²) in [6.45, 7) is 0. The molecule has 0 atom stereocenters. The van der Waals surface area contributed by atoms with Crippen LogP contribution in [0, 0.1) is 0 Å². The molecule has 0 saturated carbocycles. The van der Waals surface area contributed by atoms with Gasteiger partial charge in [0.15, 0.2) is 0 Å². The molecule has 0 amide bonds. The molecule has 31 heavy (non-hydrogen) atoms. The zero-order valence-electron chi connectivity index (χ0n) is 17.9. The second-order valence-corrected chi connectivity index (χ2v) is 6.59. The van der Waals surface area contributed by atoms with E-state index in [1.807, 2.05) is 24.5 Å². The van der Waals surface area contributed by atoms with Gasteiger partial charge in [0.05, 0.1) is 11.0 Å². The summed E-state index contributed by atoms with van der Waals surface area (Å²) in [6.07, 6.45) is 1.92. The van der Waals surface area contributed by atoms with Gasteiger partial charge in [-0.2, -0.15) is 0 Å². The van der Waals surface area contributed by atoms with E-state index < -0.39 is 6.16 Å². The van der Waals surface area contributed by atoms with Gasteiger partial charge >= 0.3 is 75.0 Å². The molecule has 148 valence electrons. The van der Waals surface area contributed by atoms with Crippen LogP contribution in [0.4, 0.5) is 4.79 Å². The first-order valence-electron chi connectivity index (χ1n) is 9.34. The van der Waals surface area contributed by atoms with Gasteiger partial charge in [-0.25, -0.2) is 4.79 Å². The zero-order valence-corrected chi connectivity index (χ0v) is 23.2. The third-order valence-electron chi connectivity index (χ3n) is 4.79. The van der Waals surface area contributed by atoms with Crippen molar-refractivity contribution in [3.8, 4) is 22.3 Å². The van der Waals surface area contributed by atoms with Gasteiger partial charge in [-0.3, -0.25) is 9.97 Å². The van der Waals surface area contributed by atoms with Crippen LogP contribution in [0.25, 0.3) is 44.1 Å². The maximum absolute atomic E-state index is 8.56. The van der Waals surface area contributed by atoms with Crippen molar-refractivity contribution < 1.29 is 85.3 Å².